The number of piperidine rings is 2. The summed E-state index contributed by atoms with van der Waals surface area (Å²) in [5, 5.41) is 0. The zero-order valence-electron chi connectivity index (χ0n) is 9.97. The van der Waals surface area contributed by atoms with Gasteiger partial charge in [0.15, 0.2) is 0 Å². The van der Waals surface area contributed by atoms with Gasteiger partial charge in [0.05, 0.1) is 0 Å². The van der Waals surface area contributed by atoms with Gasteiger partial charge in [0, 0.05) is 19.1 Å². The fraction of sp³-hybridized carbons (Fsp3) is 1.00. The first-order valence-electron chi connectivity index (χ1n) is 6.27. The van der Waals surface area contributed by atoms with Gasteiger partial charge in [-0.2, -0.15) is 0 Å². The molecular formula is C11H22N2O2S. The molecule has 2 saturated heterocycles. The topological polar surface area (TPSA) is 43.8 Å². The molecule has 0 bridgehead atoms. The molecule has 0 aliphatic carbocycles. The molecule has 1 unspecified atom stereocenters. The summed E-state index contributed by atoms with van der Waals surface area (Å²) in [5.41, 5.74) is 0. The van der Waals surface area contributed by atoms with E-state index in [1.54, 1.807) is 4.31 Å². The van der Waals surface area contributed by atoms with Crippen molar-refractivity contribution in [2.45, 2.75) is 38.6 Å². The molecule has 0 spiro atoms. The standard InChI is InChI=1S/C11H22N2O2S/c1-10-2-6-12(7-3-10)11-4-8-13(9-5-11)16(14)15/h10-11H,2-9H2,1H3,(H,14,15). The molecule has 0 saturated carbocycles. The fourth-order valence-corrected chi connectivity index (χ4v) is 3.28. The molecule has 2 aliphatic heterocycles. The molecule has 1 N–H and O–H groups in total. The monoisotopic (exact) mass is 246 g/mol. The molecule has 2 rings (SSSR count). The van der Waals surface area contributed by atoms with Gasteiger partial charge in [-0.1, -0.05) is 6.92 Å². The van der Waals surface area contributed by atoms with Gasteiger partial charge in [-0.05, 0) is 44.7 Å². The van der Waals surface area contributed by atoms with Crippen molar-refractivity contribution in [1.29, 1.82) is 0 Å². The van der Waals surface area contributed by atoms with Crippen molar-refractivity contribution in [3.63, 3.8) is 0 Å². The third kappa shape index (κ3) is 3.03. The second-order valence-electron chi connectivity index (χ2n) is 5.11. The number of nitrogens with zero attached hydrogens (tertiary/aromatic N) is 2. The number of hydrogen-bond donors (Lipinski definition) is 1. The third-order valence-corrected chi connectivity index (χ3v) is 4.79. The van der Waals surface area contributed by atoms with Crippen molar-refractivity contribution in [2.24, 2.45) is 5.92 Å². The Morgan fingerprint density at radius 1 is 1.06 bits per heavy atom. The van der Waals surface area contributed by atoms with Crippen LogP contribution in [0.25, 0.3) is 0 Å². The molecule has 0 aromatic rings. The summed E-state index contributed by atoms with van der Waals surface area (Å²) in [6.07, 6.45) is 4.71. The average molecular weight is 246 g/mol. The molecule has 4 nitrogen and oxygen atoms in total. The summed E-state index contributed by atoms with van der Waals surface area (Å²) in [7, 11) is 0. The van der Waals surface area contributed by atoms with Crippen molar-refractivity contribution in [2.75, 3.05) is 26.2 Å². The maximum Gasteiger partial charge on any atom is 0.234 e. The zero-order valence-corrected chi connectivity index (χ0v) is 10.8. The van der Waals surface area contributed by atoms with Crippen LogP contribution in [0.4, 0.5) is 0 Å². The van der Waals surface area contributed by atoms with E-state index in [-0.39, 0.29) is 0 Å². The van der Waals surface area contributed by atoms with E-state index in [9.17, 15) is 4.21 Å². The largest absolute Gasteiger partial charge is 0.300 e. The Hall–Kier alpha value is 0.0300. The molecule has 0 radical (unpaired) electrons. The Bertz CT molecular complexity index is 246. The molecule has 16 heavy (non-hydrogen) atoms. The van der Waals surface area contributed by atoms with E-state index < -0.39 is 11.3 Å². The van der Waals surface area contributed by atoms with Crippen LogP contribution in [0.3, 0.4) is 0 Å². The maximum absolute atomic E-state index is 10.9. The highest BCUT2D eigenvalue weighted by molar-refractivity contribution is 7.76. The van der Waals surface area contributed by atoms with Crippen LogP contribution in [0.5, 0.6) is 0 Å². The smallest absolute Gasteiger partial charge is 0.234 e. The molecule has 5 heteroatoms. The van der Waals surface area contributed by atoms with E-state index >= 15 is 0 Å². The summed E-state index contributed by atoms with van der Waals surface area (Å²) < 4.78 is 21.6. The molecule has 2 fully saturated rings. The lowest BCUT2D eigenvalue weighted by Crippen LogP contribution is -2.47. The number of likely N-dealkylation sites (tertiary alicyclic amines) is 1. The second-order valence-corrected chi connectivity index (χ2v) is 6.09. The van der Waals surface area contributed by atoms with Gasteiger partial charge in [0.2, 0.25) is 11.3 Å². The van der Waals surface area contributed by atoms with E-state index in [0.29, 0.717) is 6.04 Å². The highest BCUT2D eigenvalue weighted by atomic mass is 32.2. The second kappa shape index (κ2) is 5.58. The van der Waals surface area contributed by atoms with Crippen LogP contribution < -0.4 is 0 Å². The summed E-state index contributed by atoms with van der Waals surface area (Å²) >= 11 is -1.76. The van der Waals surface area contributed by atoms with E-state index in [1.807, 2.05) is 0 Å². The van der Waals surface area contributed by atoms with E-state index in [0.717, 1.165) is 31.8 Å². The maximum atomic E-state index is 10.9. The summed E-state index contributed by atoms with van der Waals surface area (Å²) in [5.74, 6) is 0.876. The minimum atomic E-state index is -1.76. The Balaban J connectivity index is 1.78. The normalized spacial score (nSPS) is 29.4. The molecule has 1 atom stereocenters. The minimum absolute atomic E-state index is 0.646. The molecule has 2 aliphatic rings. The van der Waals surface area contributed by atoms with E-state index in [1.165, 1.54) is 25.9 Å². The lowest BCUT2D eigenvalue weighted by Gasteiger charge is -2.40. The van der Waals surface area contributed by atoms with Crippen LogP contribution in [0.1, 0.15) is 32.6 Å². The SMILES string of the molecule is CC1CCN(C2CCN(S(=O)O)CC2)CC1. The van der Waals surface area contributed by atoms with Crippen LogP contribution in [-0.2, 0) is 11.3 Å². The van der Waals surface area contributed by atoms with Crippen molar-refractivity contribution >= 4 is 11.3 Å². The van der Waals surface area contributed by atoms with Crippen molar-refractivity contribution < 1.29 is 8.76 Å². The predicted octanol–water partition coefficient (Wildman–Crippen LogP) is 1.32. The van der Waals surface area contributed by atoms with Gasteiger partial charge in [0.1, 0.15) is 0 Å². The Morgan fingerprint density at radius 3 is 2.12 bits per heavy atom. The fourth-order valence-electron chi connectivity index (χ4n) is 2.76. The first-order valence-corrected chi connectivity index (χ1v) is 7.33. The van der Waals surface area contributed by atoms with Gasteiger partial charge in [-0.25, -0.2) is 8.51 Å². The van der Waals surface area contributed by atoms with Gasteiger partial charge >= 0.3 is 0 Å². The number of rotatable bonds is 2. The zero-order chi connectivity index (χ0) is 11.5. The Kier molecular flexibility index (Phi) is 4.35. The van der Waals surface area contributed by atoms with Gasteiger partial charge in [-0.3, -0.25) is 4.55 Å². The summed E-state index contributed by atoms with van der Waals surface area (Å²) in [6.45, 7) is 6.29. The van der Waals surface area contributed by atoms with Crippen LogP contribution in [0.15, 0.2) is 0 Å². The molecular weight excluding hydrogens is 224 g/mol. The molecule has 0 aromatic heterocycles. The molecule has 94 valence electrons. The van der Waals surface area contributed by atoms with Crippen molar-refractivity contribution in [3.8, 4) is 0 Å². The number of hydrogen-bond acceptors (Lipinski definition) is 2. The lowest BCUT2D eigenvalue weighted by molar-refractivity contribution is 0.100. The first kappa shape index (κ1) is 12.5. The van der Waals surface area contributed by atoms with Gasteiger partial charge in [0.25, 0.3) is 0 Å². The third-order valence-electron chi connectivity index (χ3n) is 3.98. The quantitative estimate of drug-likeness (QED) is 0.747. The van der Waals surface area contributed by atoms with Crippen LogP contribution >= 0.6 is 0 Å². The van der Waals surface area contributed by atoms with Crippen molar-refractivity contribution in [3.05, 3.63) is 0 Å². The Morgan fingerprint density at radius 2 is 1.62 bits per heavy atom. The molecule has 0 aromatic carbocycles. The highest BCUT2D eigenvalue weighted by Gasteiger charge is 2.28. The summed E-state index contributed by atoms with van der Waals surface area (Å²) in [4.78, 5) is 2.58. The Labute approximate surface area is 100 Å². The summed E-state index contributed by atoms with van der Waals surface area (Å²) in [6, 6.07) is 0.646. The minimum Gasteiger partial charge on any atom is -0.300 e. The van der Waals surface area contributed by atoms with Gasteiger partial charge < -0.3 is 4.90 Å². The van der Waals surface area contributed by atoms with Gasteiger partial charge in [-0.15, -0.1) is 0 Å². The molecule has 2 heterocycles. The lowest BCUT2D eigenvalue weighted by atomic mass is 9.95. The predicted molar refractivity (Wildman–Crippen MR) is 65.3 cm³/mol. The van der Waals surface area contributed by atoms with Crippen LogP contribution in [0, 0.1) is 5.92 Å². The van der Waals surface area contributed by atoms with Crippen LogP contribution in [0.2, 0.25) is 0 Å². The average Bonchev–Trinajstić information content (AvgIpc) is 2.30. The van der Waals surface area contributed by atoms with E-state index in [2.05, 4.69) is 11.8 Å². The van der Waals surface area contributed by atoms with Crippen LogP contribution in [-0.4, -0.2) is 50.2 Å². The first-order chi connectivity index (χ1) is 7.66. The highest BCUT2D eigenvalue weighted by Crippen LogP contribution is 2.23. The molecule has 0 amide bonds. The van der Waals surface area contributed by atoms with E-state index in [4.69, 9.17) is 4.55 Å². The van der Waals surface area contributed by atoms with Crippen molar-refractivity contribution in [1.82, 2.24) is 9.21 Å².